The van der Waals surface area contributed by atoms with Crippen LogP contribution in [-0.4, -0.2) is 17.3 Å². The summed E-state index contributed by atoms with van der Waals surface area (Å²) in [6.45, 7) is 0. The zero-order chi connectivity index (χ0) is 20.1. The summed E-state index contributed by atoms with van der Waals surface area (Å²) in [7, 11) is 0. The zero-order valence-electron chi connectivity index (χ0n) is 15.8. The van der Waals surface area contributed by atoms with Gasteiger partial charge in [-0.3, -0.25) is 0 Å². The smallest absolute Gasteiger partial charge is 0.219 e. The van der Waals surface area contributed by atoms with Gasteiger partial charge < -0.3 is 5.32 Å². The molecule has 1 aliphatic rings. The Balaban J connectivity index is 1.59. The maximum absolute atomic E-state index is 6.44. The first-order chi connectivity index (χ1) is 14.8. The molecular formula is C25H16ClN3S. The molecule has 3 nitrogen and oxygen atoms in total. The topological polar surface area (TPSA) is 36.8 Å². The van der Waals surface area contributed by atoms with E-state index >= 15 is 0 Å². The number of hydrogen-bond donors (Lipinski definition) is 1. The molecule has 0 spiro atoms. The van der Waals surface area contributed by atoms with E-state index in [0.29, 0.717) is 0 Å². The number of fused-ring (bicyclic) bond motifs is 5. The maximum Gasteiger partial charge on any atom is 0.219 e. The van der Waals surface area contributed by atoms with Crippen molar-refractivity contribution >= 4 is 65.6 Å². The Morgan fingerprint density at radius 2 is 1.37 bits per heavy atom. The minimum absolute atomic E-state index is 0.662. The van der Waals surface area contributed by atoms with Crippen molar-refractivity contribution in [2.24, 2.45) is 9.98 Å². The van der Waals surface area contributed by atoms with Crippen molar-refractivity contribution in [3.8, 4) is 0 Å². The van der Waals surface area contributed by atoms with Crippen LogP contribution >= 0.6 is 22.9 Å². The van der Waals surface area contributed by atoms with Gasteiger partial charge in [-0.15, -0.1) is 11.3 Å². The molecule has 30 heavy (non-hydrogen) atoms. The number of alkyl halides is 1. The van der Waals surface area contributed by atoms with Gasteiger partial charge in [-0.05, 0) is 17.5 Å². The first-order valence-corrected chi connectivity index (χ1v) is 11.0. The van der Waals surface area contributed by atoms with Crippen LogP contribution in [0.5, 0.6) is 0 Å². The molecule has 0 amide bonds. The number of rotatable bonds is 2. The molecule has 1 unspecified atom stereocenters. The second-order valence-corrected chi connectivity index (χ2v) is 8.64. The van der Waals surface area contributed by atoms with Crippen LogP contribution in [0.3, 0.4) is 0 Å². The summed E-state index contributed by atoms with van der Waals surface area (Å²) < 4.78 is 2.58. The van der Waals surface area contributed by atoms with Gasteiger partial charge in [0, 0.05) is 36.7 Å². The predicted octanol–water partition coefficient (Wildman–Crippen LogP) is 6.53. The van der Waals surface area contributed by atoms with Crippen LogP contribution in [0.1, 0.15) is 11.1 Å². The molecule has 4 aromatic carbocycles. The monoisotopic (exact) mass is 425 g/mol. The Morgan fingerprint density at radius 3 is 2.20 bits per heavy atom. The number of amidine groups is 2. The summed E-state index contributed by atoms with van der Waals surface area (Å²) in [5.74, 6) is 1.48. The highest BCUT2D eigenvalue weighted by molar-refractivity contribution is 7.26. The molecule has 0 saturated carbocycles. The van der Waals surface area contributed by atoms with Gasteiger partial charge in [0.2, 0.25) is 5.62 Å². The molecule has 5 aromatic rings. The summed E-state index contributed by atoms with van der Waals surface area (Å²) >= 11 is 8.27. The van der Waals surface area contributed by atoms with Crippen molar-refractivity contribution in [2.75, 3.05) is 0 Å². The number of nitrogens with one attached hydrogen (secondary N) is 1. The molecule has 0 aliphatic carbocycles. The largest absolute Gasteiger partial charge is 0.324 e. The third kappa shape index (κ3) is 2.80. The standard InChI is InChI=1S/C25H16ClN3S/c26-25-28-23(15-8-2-1-3-9-15)27-24(29-25)20-14-19-17-11-6-7-13-21(17)30-22(19)18-12-5-4-10-16(18)20/h1-14,25H,(H,27,28,29). The molecule has 1 aromatic heterocycles. The Bertz CT molecular complexity index is 1480. The molecule has 0 fully saturated rings. The van der Waals surface area contributed by atoms with Gasteiger partial charge in [-0.1, -0.05) is 84.4 Å². The van der Waals surface area contributed by atoms with Crippen molar-refractivity contribution in [2.45, 2.75) is 5.62 Å². The Kier molecular flexibility index (Phi) is 4.08. The van der Waals surface area contributed by atoms with Crippen molar-refractivity contribution < 1.29 is 0 Å². The molecule has 6 rings (SSSR count). The lowest BCUT2D eigenvalue weighted by molar-refractivity contribution is 0.927. The van der Waals surface area contributed by atoms with Crippen LogP contribution in [0.2, 0.25) is 0 Å². The highest BCUT2D eigenvalue weighted by Crippen LogP contribution is 2.40. The Morgan fingerprint density at radius 1 is 0.700 bits per heavy atom. The lowest BCUT2D eigenvalue weighted by Gasteiger charge is -2.20. The maximum atomic E-state index is 6.44. The van der Waals surface area contributed by atoms with Gasteiger partial charge in [-0.25, -0.2) is 9.98 Å². The van der Waals surface area contributed by atoms with Crippen molar-refractivity contribution in [3.63, 3.8) is 0 Å². The molecule has 5 heteroatoms. The molecule has 1 N–H and O–H groups in total. The van der Waals surface area contributed by atoms with E-state index in [0.717, 1.165) is 28.2 Å². The summed E-state index contributed by atoms with van der Waals surface area (Å²) in [5, 5.41) is 8.32. The van der Waals surface area contributed by atoms with E-state index in [2.05, 4.69) is 69.9 Å². The summed E-state index contributed by atoms with van der Waals surface area (Å²) in [5.41, 5.74) is 1.36. The normalized spacial score (nSPS) is 16.5. The van der Waals surface area contributed by atoms with E-state index < -0.39 is 5.62 Å². The number of halogens is 1. The highest BCUT2D eigenvalue weighted by atomic mass is 35.5. The van der Waals surface area contributed by atoms with E-state index in [9.17, 15) is 0 Å². The minimum Gasteiger partial charge on any atom is -0.324 e. The van der Waals surface area contributed by atoms with E-state index in [-0.39, 0.29) is 0 Å². The van der Waals surface area contributed by atoms with Crippen LogP contribution in [0, 0.1) is 0 Å². The van der Waals surface area contributed by atoms with Crippen LogP contribution in [0.15, 0.2) is 94.9 Å². The molecular weight excluding hydrogens is 410 g/mol. The second kappa shape index (κ2) is 6.94. The number of hydrogen-bond acceptors (Lipinski definition) is 4. The van der Waals surface area contributed by atoms with Crippen LogP contribution < -0.4 is 5.32 Å². The average Bonchev–Trinajstić information content (AvgIpc) is 3.18. The van der Waals surface area contributed by atoms with Crippen LogP contribution in [0.4, 0.5) is 0 Å². The van der Waals surface area contributed by atoms with Gasteiger partial charge in [0.05, 0.1) is 0 Å². The number of thiophene rings is 1. The quantitative estimate of drug-likeness (QED) is 0.253. The molecule has 144 valence electrons. The Hall–Kier alpha value is -3.21. The highest BCUT2D eigenvalue weighted by Gasteiger charge is 2.21. The van der Waals surface area contributed by atoms with Crippen LogP contribution in [0.25, 0.3) is 30.9 Å². The predicted molar refractivity (Wildman–Crippen MR) is 129 cm³/mol. The van der Waals surface area contributed by atoms with Crippen molar-refractivity contribution in [3.05, 3.63) is 96.1 Å². The number of nitrogens with zero attached hydrogens (tertiary/aromatic N) is 2. The Labute approximate surface area is 182 Å². The van der Waals surface area contributed by atoms with Gasteiger partial charge >= 0.3 is 0 Å². The lowest BCUT2D eigenvalue weighted by Crippen LogP contribution is -2.36. The molecule has 1 aliphatic heterocycles. The van der Waals surface area contributed by atoms with E-state index in [1.54, 1.807) is 0 Å². The van der Waals surface area contributed by atoms with E-state index in [1.807, 2.05) is 41.7 Å². The minimum atomic E-state index is -0.662. The molecule has 2 heterocycles. The van der Waals surface area contributed by atoms with E-state index in [4.69, 9.17) is 11.6 Å². The average molecular weight is 426 g/mol. The summed E-state index contributed by atoms with van der Waals surface area (Å²) in [6.07, 6.45) is 0. The number of benzene rings is 4. The third-order valence-corrected chi connectivity index (χ3v) is 6.81. The fourth-order valence-electron chi connectivity index (χ4n) is 4.04. The van der Waals surface area contributed by atoms with E-state index in [1.165, 1.54) is 25.6 Å². The third-order valence-electron chi connectivity index (χ3n) is 5.39. The summed E-state index contributed by atoms with van der Waals surface area (Å²) in [6, 6.07) is 29.3. The van der Waals surface area contributed by atoms with Gasteiger partial charge in [0.25, 0.3) is 0 Å². The van der Waals surface area contributed by atoms with Gasteiger partial charge in [0.15, 0.2) is 0 Å². The molecule has 0 saturated heterocycles. The summed E-state index contributed by atoms with van der Waals surface area (Å²) in [4.78, 5) is 9.13. The first kappa shape index (κ1) is 17.6. The van der Waals surface area contributed by atoms with Crippen LogP contribution in [-0.2, 0) is 0 Å². The fourth-order valence-corrected chi connectivity index (χ4v) is 5.46. The van der Waals surface area contributed by atoms with Crippen molar-refractivity contribution in [1.82, 2.24) is 5.32 Å². The van der Waals surface area contributed by atoms with Crippen molar-refractivity contribution in [1.29, 1.82) is 0 Å². The molecule has 0 radical (unpaired) electrons. The zero-order valence-corrected chi connectivity index (χ0v) is 17.4. The molecule has 1 atom stereocenters. The SMILES string of the molecule is ClC1N=C(c2ccccc2)NC(c2cc3c4ccccc4sc3c3ccccc23)=N1. The van der Waals surface area contributed by atoms with Gasteiger partial charge in [-0.2, -0.15) is 0 Å². The lowest BCUT2D eigenvalue weighted by atomic mass is 9.99. The fraction of sp³-hybridized carbons (Fsp3) is 0.0400. The second-order valence-electron chi connectivity index (χ2n) is 7.20. The number of aliphatic imine (C=N–C) groups is 2. The first-order valence-electron chi connectivity index (χ1n) is 9.73. The molecule has 0 bridgehead atoms. The van der Waals surface area contributed by atoms with Gasteiger partial charge in [0.1, 0.15) is 11.7 Å².